The van der Waals surface area contributed by atoms with Gasteiger partial charge in [0.1, 0.15) is 53.8 Å². The average molecular weight is 1040 g/mol. The number of amides is 5. The molecule has 4 atom stereocenters. The molecular formula is C46H58BrN11O12. The maximum absolute atomic E-state index is 14.0. The molecule has 2 aliphatic rings. The number of fused-ring (bicyclic) bond motifs is 2. The lowest BCUT2D eigenvalue weighted by Gasteiger charge is -2.27. The fourth-order valence-corrected chi connectivity index (χ4v) is 8.12. The number of carbonyl (C=O) groups excluding carboxylic acids is 6. The number of rotatable bonds is 28. The van der Waals surface area contributed by atoms with Gasteiger partial charge in [0.25, 0.3) is 0 Å². The molecule has 1 saturated carbocycles. The third kappa shape index (κ3) is 14.9. The summed E-state index contributed by atoms with van der Waals surface area (Å²) in [6.45, 7) is 6.49. The first kappa shape index (κ1) is 53.0. The second-order valence-electron chi connectivity index (χ2n) is 17.2. The van der Waals surface area contributed by atoms with Crippen LogP contribution in [0, 0.1) is 12.3 Å². The van der Waals surface area contributed by atoms with Crippen molar-refractivity contribution in [3.8, 4) is 11.1 Å². The van der Waals surface area contributed by atoms with E-state index in [0.717, 1.165) is 12.0 Å². The molecule has 1 aliphatic heterocycles. The molecule has 376 valence electrons. The lowest BCUT2D eigenvalue weighted by molar-refractivity contribution is -0.139. The number of nitrogens with two attached hydrogens (primary N) is 1. The van der Waals surface area contributed by atoms with Gasteiger partial charge in [-0.15, -0.1) is 0 Å². The molecule has 1 saturated heterocycles. The van der Waals surface area contributed by atoms with E-state index in [1.165, 1.54) is 11.6 Å². The molecule has 7 N–H and O–H groups in total. The number of ether oxygens (including phenoxy) is 4. The predicted octanol–water partition coefficient (Wildman–Crippen LogP) is 1.29. The summed E-state index contributed by atoms with van der Waals surface area (Å²) in [7, 11) is 0. The van der Waals surface area contributed by atoms with Crippen molar-refractivity contribution in [1.29, 1.82) is 0 Å². The van der Waals surface area contributed by atoms with Crippen LogP contribution in [0.15, 0.2) is 47.3 Å². The second kappa shape index (κ2) is 25.0. The number of piperidine rings is 1. The summed E-state index contributed by atoms with van der Waals surface area (Å²) in [4.78, 5) is 102. The van der Waals surface area contributed by atoms with Crippen molar-refractivity contribution in [2.75, 3.05) is 71.3 Å². The number of nitrogens with zero attached hydrogens (tertiary/aromatic N) is 6. The smallest absolute Gasteiger partial charge is 0.320 e. The van der Waals surface area contributed by atoms with Crippen LogP contribution in [-0.4, -0.2) is 160 Å². The number of benzene rings is 1. The van der Waals surface area contributed by atoms with Crippen molar-refractivity contribution in [3.63, 3.8) is 0 Å². The van der Waals surface area contributed by atoms with Crippen LogP contribution in [0.4, 0.5) is 5.82 Å². The van der Waals surface area contributed by atoms with Gasteiger partial charge in [-0.3, -0.25) is 38.2 Å². The van der Waals surface area contributed by atoms with Gasteiger partial charge in [-0.25, -0.2) is 15.0 Å². The number of pyridine rings is 1. The van der Waals surface area contributed by atoms with Gasteiger partial charge in [-0.05, 0) is 76.9 Å². The molecule has 70 heavy (non-hydrogen) atoms. The molecule has 0 bridgehead atoms. The fourth-order valence-electron chi connectivity index (χ4n) is 7.81. The van der Waals surface area contributed by atoms with Crippen molar-refractivity contribution in [1.82, 2.24) is 45.6 Å². The minimum absolute atomic E-state index is 0.000271. The van der Waals surface area contributed by atoms with Crippen LogP contribution < -0.4 is 27.0 Å². The Balaban J connectivity index is 0.855. The Morgan fingerprint density at radius 2 is 1.50 bits per heavy atom. The van der Waals surface area contributed by atoms with Crippen molar-refractivity contribution in [3.05, 3.63) is 64.4 Å². The van der Waals surface area contributed by atoms with Crippen LogP contribution in [0.3, 0.4) is 0 Å². The molecule has 0 spiro atoms. The number of aliphatic carboxylic acids is 1. The van der Waals surface area contributed by atoms with E-state index in [-0.39, 0.29) is 144 Å². The van der Waals surface area contributed by atoms with Crippen LogP contribution in [0.5, 0.6) is 0 Å². The highest BCUT2D eigenvalue weighted by Crippen LogP contribution is 2.59. The summed E-state index contributed by atoms with van der Waals surface area (Å²) in [5, 5.41) is 24.7. The Kier molecular flexibility index (Phi) is 18.9. The van der Waals surface area contributed by atoms with Crippen LogP contribution >= 0.6 is 15.9 Å². The first-order valence-electron chi connectivity index (χ1n) is 22.7. The summed E-state index contributed by atoms with van der Waals surface area (Å²) in [6.07, 6.45) is 4.58. The second-order valence-corrected chi connectivity index (χ2v) is 18.0. The van der Waals surface area contributed by atoms with Gasteiger partial charge in [0.2, 0.25) is 29.5 Å². The SMILES string of the molecule is CC(=O)c1nn(CC(=O)N2C3C[C@]3(C)C[C@H]2C(=O)Nc2nc(Br)ccc2C)c2ccc(-c3cnc(CNC(=O)COCCOCCNC(=O)COCCOCCNC(=O)CC[C@H](N)C(=O)O)nc3)cc12. The molecule has 4 aromatic rings. The number of hydrogen-bond donors (Lipinski definition) is 6. The minimum Gasteiger partial charge on any atom is -0.480 e. The van der Waals surface area contributed by atoms with Gasteiger partial charge in [-0.1, -0.05) is 19.1 Å². The quantitative estimate of drug-likeness (QED) is 0.0265. The third-order valence-corrected chi connectivity index (χ3v) is 12.2. The molecule has 6 rings (SSSR count). The van der Waals surface area contributed by atoms with E-state index in [4.69, 9.17) is 29.8 Å². The first-order valence-corrected chi connectivity index (χ1v) is 23.5. The Bertz CT molecular complexity index is 2540. The lowest BCUT2D eigenvalue weighted by atomic mass is 10.0. The molecule has 0 radical (unpaired) electrons. The van der Waals surface area contributed by atoms with E-state index >= 15 is 0 Å². The zero-order chi connectivity index (χ0) is 50.4. The summed E-state index contributed by atoms with van der Waals surface area (Å²) >= 11 is 3.35. The topological polar surface area (TPSA) is 311 Å². The standard InChI is InChI=1S/C46H58BrN11O12/c1-27-4-8-36(47)54-43(27)55-44(64)34-19-46(3)20-35(46)58(34)41(63)24-57-33-7-5-29(18-31(33)42(56-57)28(2)59)30-21-51-37(52-22-30)23-53-40(62)26-70-17-15-68-13-11-50-39(61)25-69-16-14-67-12-10-49-38(60)9-6-32(48)45(65)66/h4-5,7-8,18,21-22,32,34-35H,6,9-17,19-20,23-26,48H2,1-3H3,(H,49,60)(H,50,61)(H,53,62)(H,65,66)(H,54,55,64)/t32-,34-,35?,46-/m0/s1. The number of hydrogen-bond acceptors (Lipinski definition) is 16. The molecule has 1 unspecified atom stereocenters. The van der Waals surface area contributed by atoms with Gasteiger partial charge < -0.3 is 56.0 Å². The van der Waals surface area contributed by atoms with Crippen LogP contribution in [0.1, 0.15) is 61.4 Å². The number of aromatic nitrogens is 5. The average Bonchev–Trinajstić information content (AvgIpc) is 3.69. The molecule has 5 amide bonds. The van der Waals surface area contributed by atoms with Gasteiger partial charge >= 0.3 is 5.97 Å². The Hall–Kier alpha value is -6.31. The monoisotopic (exact) mass is 1040 g/mol. The Labute approximate surface area is 411 Å². The maximum atomic E-state index is 14.0. The number of carboxylic acids is 1. The van der Waals surface area contributed by atoms with E-state index in [2.05, 4.69) is 64.2 Å². The number of carboxylic acid groups (broad SMARTS) is 1. The van der Waals surface area contributed by atoms with Crippen molar-refractivity contribution in [2.45, 2.75) is 77.7 Å². The minimum atomic E-state index is -1.16. The highest BCUT2D eigenvalue weighted by atomic mass is 79.9. The number of likely N-dealkylation sites (tertiary alicyclic amines) is 1. The zero-order valence-electron chi connectivity index (χ0n) is 39.2. The van der Waals surface area contributed by atoms with Gasteiger partial charge in [0.05, 0.1) is 51.7 Å². The van der Waals surface area contributed by atoms with Crippen LogP contribution in [0.25, 0.3) is 22.0 Å². The maximum Gasteiger partial charge on any atom is 0.320 e. The normalized spacial score (nSPS) is 17.4. The largest absolute Gasteiger partial charge is 0.480 e. The van der Waals surface area contributed by atoms with Gasteiger partial charge in [0.15, 0.2) is 5.78 Å². The summed E-state index contributed by atoms with van der Waals surface area (Å²) < 4.78 is 23.5. The molecule has 23 nitrogen and oxygen atoms in total. The number of nitrogens with one attached hydrogen (secondary N) is 4. The molecule has 1 aromatic carbocycles. The summed E-state index contributed by atoms with van der Waals surface area (Å²) in [6, 6.07) is 7.21. The number of Topliss-reactive ketones (excluding diaryl/α,β-unsaturated/α-hetero) is 1. The molecule has 4 heterocycles. The fraction of sp³-hybridized carbons (Fsp3) is 0.500. The van der Waals surface area contributed by atoms with Crippen LogP contribution in [0.2, 0.25) is 0 Å². The Morgan fingerprint density at radius 3 is 2.16 bits per heavy atom. The number of ketones is 1. The summed E-state index contributed by atoms with van der Waals surface area (Å²) in [5.74, 6) is -2.26. The van der Waals surface area contributed by atoms with E-state index < -0.39 is 18.1 Å². The summed E-state index contributed by atoms with van der Waals surface area (Å²) in [5.41, 5.74) is 8.15. The number of carbonyl (C=O) groups is 7. The number of anilines is 1. The molecule has 3 aromatic heterocycles. The predicted molar refractivity (Wildman–Crippen MR) is 254 cm³/mol. The highest BCUT2D eigenvalue weighted by molar-refractivity contribution is 9.10. The molecule has 1 aliphatic carbocycles. The van der Waals surface area contributed by atoms with Gasteiger partial charge in [-0.2, -0.15) is 5.10 Å². The van der Waals surface area contributed by atoms with E-state index in [1.807, 2.05) is 19.1 Å². The molecule has 24 heteroatoms. The first-order chi connectivity index (χ1) is 33.5. The van der Waals surface area contributed by atoms with Crippen molar-refractivity contribution >= 4 is 73.9 Å². The van der Waals surface area contributed by atoms with Gasteiger partial charge in [0, 0.05) is 55.8 Å². The Morgan fingerprint density at radius 1 is 0.857 bits per heavy atom. The molecule has 2 fully saturated rings. The van der Waals surface area contributed by atoms with Crippen LogP contribution in [-0.2, 0) is 60.8 Å². The van der Waals surface area contributed by atoms with Crippen molar-refractivity contribution in [2.24, 2.45) is 11.1 Å². The highest BCUT2D eigenvalue weighted by Gasteiger charge is 2.64. The lowest BCUT2D eigenvalue weighted by Crippen LogP contribution is -2.47. The molecular weight excluding hydrogens is 978 g/mol. The zero-order valence-corrected chi connectivity index (χ0v) is 40.7. The van der Waals surface area contributed by atoms with E-state index in [9.17, 15) is 33.6 Å². The number of halogens is 1. The number of aryl methyl sites for hydroxylation is 1. The van der Waals surface area contributed by atoms with E-state index in [1.54, 1.807) is 35.5 Å². The van der Waals surface area contributed by atoms with Crippen molar-refractivity contribution < 1.29 is 57.6 Å². The van der Waals surface area contributed by atoms with E-state index in [0.29, 0.717) is 44.7 Å². The third-order valence-electron chi connectivity index (χ3n) is 11.7.